The third kappa shape index (κ3) is 2.90. The van der Waals surface area contributed by atoms with Gasteiger partial charge in [-0.25, -0.2) is 9.97 Å². The molecule has 3 aromatic rings. The van der Waals surface area contributed by atoms with Crippen LogP contribution in [0.15, 0.2) is 47.1 Å². The van der Waals surface area contributed by atoms with Gasteiger partial charge in [0.25, 0.3) is 5.91 Å². The van der Waals surface area contributed by atoms with E-state index in [1.165, 1.54) is 11.8 Å². The smallest absolute Gasteiger partial charge is 0.263 e. The SMILES string of the molecule is O=C1NC(=S)SC1=Cc1cc(-c2ccc3ncncc3c2)cs1. The molecule has 1 aliphatic rings. The molecule has 1 N–H and O–H groups in total. The molecule has 1 aromatic carbocycles. The molecule has 4 rings (SSSR count). The van der Waals surface area contributed by atoms with E-state index in [1.807, 2.05) is 24.4 Å². The number of thiophene rings is 1. The number of amides is 1. The number of thiocarbonyl (C=S) groups is 1. The molecule has 2 aromatic heterocycles. The molecule has 0 saturated carbocycles. The highest BCUT2D eigenvalue weighted by atomic mass is 32.2. The number of hydrogen-bond acceptors (Lipinski definition) is 6. The van der Waals surface area contributed by atoms with E-state index in [1.54, 1.807) is 17.7 Å². The number of thioether (sulfide) groups is 1. The molecule has 0 aliphatic carbocycles. The van der Waals surface area contributed by atoms with Crippen LogP contribution in [0.1, 0.15) is 4.88 Å². The van der Waals surface area contributed by atoms with E-state index in [2.05, 4.69) is 32.8 Å². The van der Waals surface area contributed by atoms with Crippen LogP contribution in [0.2, 0.25) is 0 Å². The topological polar surface area (TPSA) is 54.9 Å². The van der Waals surface area contributed by atoms with Crippen LogP contribution in [0.25, 0.3) is 28.1 Å². The number of carbonyl (C=O) groups excluding carboxylic acids is 1. The van der Waals surface area contributed by atoms with Crippen molar-refractivity contribution in [3.8, 4) is 11.1 Å². The summed E-state index contributed by atoms with van der Waals surface area (Å²) in [5.74, 6) is -0.127. The molecule has 23 heavy (non-hydrogen) atoms. The van der Waals surface area contributed by atoms with E-state index in [9.17, 15) is 4.79 Å². The van der Waals surface area contributed by atoms with Crippen LogP contribution >= 0.6 is 35.3 Å². The molecule has 1 saturated heterocycles. The van der Waals surface area contributed by atoms with Crippen LogP contribution in [-0.4, -0.2) is 20.2 Å². The second kappa shape index (κ2) is 5.84. The molecule has 0 bridgehead atoms. The highest BCUT2D eigenvalue weighted by molar-refractivity contribution is 8.26. The van der Waals surface area contributed by atoms with E-state index in [-0.39, 0.29) is 5.91 Å². The van der Waals surface area contributed by atoms with Crippen LogP contribution < -0.4 is 5.32 Å². The van der Waals surface area contributed by atoms with Gasteiger partial charge in [-0.1, -0.05) is 30.0 Å². The van der Waals surface area contributed by atoms with Crippen molar-refractivity contribution in [3.05, 3.63) is 52.0 Å². The minimum atomic E-state index is -0.127. The van der Waals surface area contributed by atoms with Gasteiger partial charge in [-0.05, 0) is 40.8 Å². The maximum absolute atomic E-state index is 11.7. The maximum Gasteiger partial charge on any atom is 0.263 e. The molecule has 1 amide bonds. The van der Waals surface area contributed by atoms with Gasteiger partial charge in [-0.15, -0.1) is 11.3 Å². The zero-order valence-electron chi connectivity index (χ0n) is 11.6. The lowest BCUT2D eigenvalue weighted by Gasteiger charge is -2.00. The Kier molecular flexibility index (Phi) is 3.68. The predicted molar refractivity (Wildman–Crippen MR) is 99.2 cm³/mol. The van der Waals surface area contributed by atoms with Crippen LogP contribution in [0.4, 0.5) is 0 Å². The largest absolute Gasteiger partial charge is 0.307 e. The minimum absolute atomic E-state index is 0.127. The van der Waals surface area contributed by atoms with E-state index in [0.717, 1.165) is 26.9 Å². The fourth-order valence-electron chi connectivity index (χ4n) is 2.29. The molecule has 0 spiro atoms. The van der Waals surface area contributed by atoms with Crippen molar-refractivity contribution in [1.29, 1.82) is 0 Å². The highest BCUT2D eigenvalue weighted by Gasteiger charge is 2.22. The summed E-state index contributed by atoms with van der Waals surface area (Å²) in [7, 11) is 0. The van der Waals surface area contributed by atoms with Crippen LogP contribution in [0.3, 0.4) is 0 Å². The first kappa shape index (κ1) is 14.5. The molecule has 0 unspecified atom stereocenters. The maximum atomic E-state index is 11.7. The summed E-state index contributed by atoms with van der Waals surface area (Å²) in [5, 5.41) is 5.71. The zero-order valence-corrected chi connectivity index (χ0v) is 14.1. The molecule has 112 valence electrons. The first-order chi connectivity index (χ1) is 11.2. The second-order valence-corrected chi connectivity index (χ2v) is 7.55. The van der Waals surface area contributed by atoms with Crippen molar-refractivity contribution in [2.45, 2.75) is 0 Å². The first-order valence-electron chi connectivity index (χ1n) is 6.72. The Balaban J connectivity index is 1.68. The van der Waals surface area contributed by atoms with E-state index >= 15 is 0 Å². The summed E-state index contributed by atoms with van der Waals surface area (Å²) >= 11 is 7.89. The van der Waals surface area contributed by atoms with Crippen molar-refractivity contribution in [1.82, 2.24) is 15.3 Å². The van der Waals surface area contributed by atoms with Crippen molar-refractivity contribution < 1.29 is 4.79 Å². The average Bonchev–Trinajstić information content (AvgIpc) is 3.14. The first-order valence-corrected chi connectivity index (χ1v) is 8.83. The number of rotatable bonds is 2. The molecule has 7 heteroatoms. The van der Waals surface area contributed by atoms with Gasteiger partial charge >= 0.3 is 0 Å². The summed E-state index contributed by atoms with van der Waals surface area (Å²) in [6.45, 7) is 0. The lowest BCUT2D eigenvalue weighted by Crippen LogP contribution is -2.17. The van der Waals surface area contributed by atoms with Crippen molar-refractivity contribution in [3.63, 3.8) is 0 Å². The van der Waals surface area contributed by atoms with Crippen molar-refractivity contribution in [2.24, 2.45) is 0 Å². The number of carbonyl (C=O) groups is 1. The number of nitrogens with one attached hydrogen (secondary N) is 1. The fourth-order valence-corrected chi connectivity index (χ4v) is 4.25. The zero-order chi connectivity index (χ0) is 15.8. The summed E-state index contributed by atoms with van der Waals surface area (Å²) in [5.41, 5.74) is 3.14. The Hall–Kier alpha value is -2.09. The lowest BCUT2D eigenvalue weighted by atomic mass is 10.1. The van der Waals surface area contributed by atoms with Gasteiger partial charge in [0.1, 0.15) is 10.6 Å². The Labute approximate surface area is 145 Å². The molecule has 1 aliphatic heterocycles. The normalized spacial score (nSPS) is 16.3. The molecule has 3 heterocycles. The Bertz CT molecular complexity index is 977. The molecule has 0 atom stereocenters. The summed E-state index contributed by atoms with van der Waals surface area (Å²) in [6.07, 6.45) is 5.23. The fraction of sp³-hybridized carbons (Fsp3) is 0. The highest BCUT2D eigenvalue weighted by Crippen LogP contribution is 2.32. The number of fused-ring (bicyclic) bond motifs is 1. The van der Waals surface area contributed by atoms with Gasteiger partial charge in [0, 0.05) is 16.5 Å². The number of aromatic nitrogens is 2. The number of hydrogen-bond donors (Lipinski definition) is 1. The summed E-state index contributed by atoms with van der Waals surface area (Å²) in [4.78, 5) is 21.7. The third-order valence-corrected chi connectivity index (χ3v) is 5.42. The quantitative estimate of drug-likeness (QED) is 0.559. The Morgan fingerprint density at radius 3 is 2.96 bits per heavy atom. The van der Waals surface area contributed by atoms with Crippen molar-refractivity contribution in [2.75, 3.05) is 0 Å². The minimum Gasteiger partial charge on any atom is -0.307 e. The van der Waals surface area contributed by atoms with E-state index in [0.29, 0.717) is 9.23 Å². The standard InChI is InChI=1S/C16H9N3OS3/c20-15-14(23-16(21)19-15)5-12-4-11(7-22-12)9-1-2-13-10(3-9)6-17-8-18-13/h1-8H,(H,19,20,21). The van der Waals surface area contributed by atoms with Gasteiger partial charge in [0.15, 0.2) is 0 Å². The lowest BCUT2D eigenvalue weighted by molar-refractivity contribution is -0.115. The van der Waals surface area contributed by atoms with Crippen LogP contribution in [-0.2, 0) is 4.79 Å². The predicted octanol–water partition coefficient (Wildman–Crippen LogP) is 3.85. The third-order valence-electron chi connectivity index (χ3n) is 3.37. The van der Waals surface area contributed by atoms with Crippen molar-refractivity contribution >= 4 is 62.5 Å². The van der Waals surface area contributed by atoms with E-state index in [4.69, 9.17) is 12.2 Å². The summed E-state index contributed by atoms with van der Waals surface area (Å²) < 4.78 is 0.507. The number of benzene rings is 1. The molecule has 0 radical (unpaired) electrons. The van der Waals surface area contributed by atoms with Crippen LogP contribution in [0.5, 0.6) is 0 Å². The van der Waals surface area contributed by atoms with Gasteiger partial charge < -0.3 is 5.32 Å². The average molecular weight is 355 g/mol. The van der Waals surface area contributed by atoms with Gasteiger partial charge in [0.2, 0.25) is 0 Å². The second-order valence-electron chi connectivity index (χ2n) is 4.89. The van der Waals surface area contributed by atoms with Gasteiger partial charge in [0.05, 0.1) is 10.4 Å². The van der Waals surface area contributed by atoms with Gasteiger partial charge in [-0.3, -0.25) is 4.79 Å². The Morgan fingerprint density at radius 2 is 2.13 bits per heavy atom. The van der Waals surface area contributed by atoms with Crippen LogP contribution in [0, 0.1) is 0 Å². The summed E-state index contributed by atoms with van der Waals surface area (Å²) in [6, 6.07) is 8.17. The molecule has 1 fully saturated rings. The molecular formula is C16H9N3OS3. The van der Waals surface area contributed by atoms with E-state index < -0.39 is 0 Å². The molecule has 4 nitrogen and oxygen atoms in total. The molecular weight excluding hydrogens is 346 g/mol. The number of nitrogens with zero attached hydrogens (tertiary/aromatic N) is 2. The monoisotopic (exact) mass is 355 g/mol. The Morgan fingerprint density at radius 1 is 1.22 bits per heavy atom. The van der Waals surface area contributed by atoms with Gasteiger partial charge in [-0.2, -0.15) is 0 Å².